The number of benzene rings is 1. The summed E-state index contributed by atoms with van der Waals surface area (Å²) >= 11 is 5.89. The number of carbonyl (C=O) groups is 3. The van der Waals surface area contributed by atoms with Crippen LogP contribution in [-0.4, -0.2) is 34.8 Å². The summed E-state index contributed by atoms with van der Waals surface area (Å²) < 4.78 is 5.91. The van der Waals surface area contributed by atoms with Crippen molar-refractivity contribution in [1.29, 1.82) is 0 Å². The Labute approximate surface area is 214 Å². The molecule has 11 heteroatoms. The average Bonchev–Trinajstić information content (AvgIpc) is 3.19. The van der Waals surface area contributed by atoms with Crippen molar-refractivity contribution in [2.75, 3.05) is 23.1 Å². The monoisotopic (exact) mass is 519 g/mol. The molecule has 1 aliphatic carbocycles. The van der Waals surface area contributed by atoms with E-state index in [1.807, 2.05) is 0 Å². The molecular formula is C24H27Cl2N5O4. The van der Waals surface area contributed by atoms with E-state index in [1.165, 1.54) is 30.2 Å². The predicted octanol–water partition coefficient (Wildman–Crippen LogP) is 5.04. The molecule has 2 aromatic heterocycles. The van der Waals surface area contributed by atoms with Crippen LogP contribution in [0.25, 0.3) is 11.0 Å². The summed E-state index contributed by atoms with van der Waals surface area (Å²) in [5.74, 6) is -1.40. The highest BCUT2D eigenvalue weighted by Crippen LogP contribution is 2.38. The van der Waals surface area contributed by atoms with Gasteiger partial charge in [0.25, 0.3) is 5.91 Å². The van der Waals surface area contributed by atoms with E-state index in [-0.39, 0.29) is 47.4 Å². The van der Waals surface area contributed by atoms with Gasteiger partial charge in [-0.15, -0.1) is 12.4 Å². The lowest BCUT2D eigenvalue weighted by atomic mass is 9.88. The molecule has 3 aromatic rings. The lowest BCUT2D eigenvalue weighted by Gasteiger charge is -2.34. The molecule has 3 amide bonds. The Morgan fingerprint density at radius 3 is 2.49 bits per heavy atom. The number of nitrogens with one attached hydrogen (secondary N) is 1. The molecule has 0 bridgehead atoms. The second-order valence-corrected chi connectivity index (χ2v) is 8.82. The first-order valence-electron chi connectivity index (χ1n) is 11.1. The molecule has 0 aliphatic heterocycles. The van der Waals surface area contributed by atoms with E-state index < -0.39 is 5.91 Å². The van der Waals surface area contributed by atoms with Gasteiger partial charge in [0.1, 0.15) is 17.1 Å². The van der Waals surface area contributed by atoms with Gasteiger partial charge in [-0.3, -0.25) is 19.4 Å². The van der Waals surface area contributed by atoms with Gasteiger partial charge < -0.3 is 15.5 Å². The summed E-state index contributed by atoms with van der Waals surface area (Å²) in [5, 5.41) is 6.01. The topological polar surface area (TPSA) is 122 Å². The van der Waals surface area contributed by atoms with Crippen LogP contribution in [0.4, 0.5) is 17.2 Å². The average molecular weight is 520 g/mol. The van der Waals surface area contributed by atoms with Gasteiger partial charge in [-0.05, 0) is 43.2 Å². The molecule has 1 aliphatic rings. The minimum Gasteiger partial charge on any atom is -0.449 e. The van der Waals surface area contributed by atoms with Crippen molar-refractivity contribution in [1.82, 2.24) is 9.99 Å². The molecule has 0 radical (unpaired) electrons. The number of halogens is 2. The molecule has 4 rings (SSSR count). The van der Waals surface area contributed by atoms with Gasteiger partial charge in [0.15, 0.2) is 0 Å². The Morgan fingerprint density at radius 1 is 1.14 bits per heavy atom. The number of hydrogen-bond acceptors (Lipinski definition) is 6. The maximum atomic E-state index is 13.7. The van der Waals surface area contributed by atoms with Gasteiger partial charge in [0.2, 0.25) is 17.6 Å². The first-order valence-corrected chi connectivity index (χ1v) is 11.5. The van der Waals surface area contributed by atoms with Gasteiger partial charge in [0, 0.05) is 37.2 Å². The number of nitrogen functional groups attached to an aromatic ring is 1. The molecule has 1 aromatic carbocycles. The zero-order chi connectivity index (χ0) is 24.4. The number of furan rings is 1. The first-order chi connectivity index (χ1) is 16.3. The highest BCUT2D eigenvalue weighted by Gasteiger charge is 2.36. The van der Waals surface area contributed by atoms with E-state index in [2.05, 4.69) is 10.3 Å². The number of rotatable bonds is 4. The number of nitrogens with two attached hydrogens (primary N) is 1. The van der Waals surface area contributed by atoms with Crippen LogP contribution in [0.2, 0.25) is 5.02 Å². The fourth-order valence-electron chi connectivity index (χ4n) is 4.16. The second-order valence-electron chi connectivity index (χ2n) is 8.38. The molecule has 35 heavy (non-hydrogen) atoms. The third kappa shape index (κ3) is 5.52. The fourth-order valence-corrected chi connectivity index (χ4v) is 4.27. The van der Waals surface area contributed by atoms with E-state index in [9.17, 15) is 14.4 Å². The van der Waals surface area contributed by atoms with E-state index in [0.29, 0.717) is 21.7 Å². The zero-order valence-electron chi connectivity index (χ0n) is 19.4. The van der Waals surface area contributed by atoms with Crippen LogP contribution < -0.4 is 16.1 Å². The Bertz CT molecular complexity index is 1240. The van der Waals surface area contributed by atoms with Crippen molar-refractivity contribution in [3.63, 3.8) is 0 Å². The quantitative estimate of drug-likeness (QED) is 0.367. The number of aromatic nitrogens is 1. The molecule has 3 N–H and O–H groups in total. The largest absolute Gasteiger partial charge is 0.449 e. The minimum atomic E-state index is -0.627. The minimum absolute atomic E-state index is 0. The Balaban J connectivity index is 0.00000342. The van der Waals surface area contributed by atoms with Crippen molar-refractivity contribution in [2.24, 2.45) is 5.92 Å². The van der Waals surface area contributed by atoms with Gasteiger partial charge in [-0.25, -0.2) is 9.99 Å². The first kappa shape index (κ1) is 26.3. The Kier molecular flexibility index (Phi) is 8.24. The van der Waals surface area contributed by atoms with Crippen LogP contribution in [0, 0.1) is 5.92 Å². The lowest BCUT2D eigenvalue weighted by molar-refractivity contribution is -0.135. The summed E-state index contributed by atoms with van der Waals surface area (Å²) in [4.78, 5) is 43.6. The normalized spacial score (nSPS) is 13.7. The Hall–Kier alpha value is -3.30. The third-order valence-corrected chi connectivity index (χ3v) is 6.22. The van der Waals surface area contributed by atoms with Crippen molar-refractivity contribution < 1.29 is 18.8 Å². The third-order valence-electron chi connectivity index (χ3n) is 5.99. The maximum Gasteiger partial charge on any atom is 0.294 e. The molecule has 2 heterocycles. The number of fused-ring (bicyclic) bond motifs is 1. The van der Waals surface area contributed by atoms with Crippen molar-refractivity contribution in [2.45, 2.75) is 39.0 Å². The van der Waals surface area contributed by atoms with Crippen LogP contribution >= 0.6 is 24.0 Å². The highest BCUT2D eigenvalue weighted by atomic mass is 35.5. The standard InChI is InChI=1S/C24H26ClN5O4.ClH/c1-14(31)29(2)30(24(33)15-6-4-3-5-7-15)21-18-12-17(26)9-10-19(18)34-22(21)23(32)28-20-11-8-16(25)13-27-20;/h8-13,15H,3-7,26H2,1-2H3,(H,27,28,32);1H. The predicted molar refractivity (Wildman–Crippen MR) is 138 cm³/mol. The van der Waals surface area contributed by atoms with E-state index in [1.54, 1.807) is 30.3 Å². The SMILES string of the molecule is CC(=O)N(C)N(C(=O)C1CCCCC1)c1c(C(=O)Nc2ccc(Cl)cn2)oc2ccc(N)cc12.Cl. The summed E-state index contributed by atoms with van der Waals surface area (Å²) in [6, 6.07) is 8.03. The number of hydrogen-bond donors (Lipinski definition) is 2. The molecule has 1 saturated carbocycles. The number of carbonyl (C=O) groups excluding carboxylic acids is 3. The van der Waals surface area contributed by atoms with Crippen molar-refractivity contribution in [3.8, 4) is 0 Å². The van der Waals surface area contributed by atoms with Crippen molar-refractivity contribution in [3.05, 3.63) is 47.3 Å². The fraction of sp³-hybridized carbons (Fsp3) is 0.333. The number of pyridine rings is 1. The van der Waals surface area contributed by atoms with Crippen LogP contribution in [0.15, 0.2) is 40.9 Å². The molecule has 0 atom stereocenters. The molecule has 0 spiro atoms. The highest BCUT2D eigenvalue weighted by molar-refractivity contribution is 6.30. The molecule has 0 saturated heterocycles. The van der Waals surface area contributed by atoms with Crippen LogP contribution in [-0.2, 0) is 9.59 Å². The Morgan fingerprint density at radius 2 is 1.86 bits per heavy atom. The molecular weight excluding hydrogens is 493 g/mol. The van der Waals surface area contributed by atoms with Crippen molar-refractivity contribution >= 4 is 69.9 Å². The van der Waals surface area contributed by atoms with Gasteiger partial charge in [-0.2, -0.15) is 0 Å². The summed E-state index contributed by atoms with van der Waals surface area (Å²) in [5.41, 5.74) is 6.98. The van der Waals surface area contributed by atoms with Crippen LogP contribution in [0.1, 0.15) is 49.6 Å². The van der Waals surface area contributed by atoms with E-state index >= 15 is 0 Å². The molecule has 1 fully saturated rings. The number of amides is 3. The lowest BCUT2D eigenvalue weighted by Crippen LogP contribution is -2.50. The van der Waals surface area contributed by atoms with Crippen LogP contribution in [0.3, 0.4) is 0 Å². The van der Waals surface area contributed by atoms with Crippen LogP contribution in [0.5, 0.6) is 0 Å². The van der Waals surface area contributed by atoms with Gasteiger partial charge in [-0.1, -0.05) is 30.9 Å². The molecule has 186 valence electrons. The number of hydrazine groups is 1. The van der Waals surface area contributed by atoms with E-state index in [4.69, 9.17) is 21.8 Å². The summed E-state index contributed by atoms with van der Waals surface area (Å²) in [6.45, 7) is 1.36. The zero-order valence-corrected chi connectivity index (χ0v) is 21.0. The summed E-state index contributed by atoms with van der Waals surface area (Å²) in [6.07, 6.45) is 5.77. The summed E-state index contributed by atoms with van der Waals surface area (Å²) in [7, 11) is 1.50. The second kappa shape index (κ2) is 11.0. The maximum absolute atomic E-state index is 13.7. The number of anilines is 3. The smallest absolute Gasteiger partial charge is 0.294 e. The van der Waals surface area contributed by atoms with Gasteiger partial charge >= 0.3 is 0 Å². The van der Waals surface area contributed by atoms with E-state index in [0.717, 1.165) is 32.1 Å². The number of nitrogens with zero attached hydrogens (tertiary/aromatic N) is 3. The van der Waals surface area contributed by atoms with Gasteiger partial charge in [0.05, 0.1) is 5.02 Å². The molecule has 0 unspecified atom stereocenters. The molecule has 9 nitrogen and oxygen atoms in total.